The number of hydrogen-bond acceptors (Lipinski definition) is 0. The molecule has 0 N–H and O–H groups in total. The summed E-state index contributed by atoms with van der Waals surface area (Å²) in [6, 6.07) is 42.1. The van der Waals surface area contributed by atoms with E-state index in [1.54, 1.807) is 0 Å². The molecule has 0 bridgehead atoms. The highest BCUT2D eigenvalue weighted by molar-refractivity contribution is 6.12. The number of benzene rings is 5. The zero-order valence-corrected chi connectivity index (χ0v) is 21.9. The van der Waals surface area contributed by atoms with Crippen LogP contribution in [0.3, 0.4) is 0 Å². The van der Waals surface area contributed by atoms with Crippen molar-refractivity contribution in [3.05, 3.63) is 140 Å². The summed E-state index contributed by atoms with van der Waals surface area (Å²) in [6.45, 7) is 2.34. The van der Waals surface area contributed by atoms with Crippen LogP contribution in [0, 0.1) is 0 Å². The molecule has 2 heteroatoms. The average Bonchev–Trinajstić information content (AvgIpc) is 3.51. The summed E-state index contributed by atoms with van der Waals surface area (Å²) >= 11 is 0. The van der Waals surface area contributed by atoms with Gasteiger partial charge in [0.05, 0.1) is 16.6 Å². The monoisotopic (exact) mass is 500 g/mol. The molecule has 5 aromatic carbocycles. The Morgan fingerprint density at radius 2 is 1.10 bits per heavy atom. The van der Waals surface area contributed by atoms with Gasteiger partial charge in [0.2, 0.25) is 0 Å². The van der Waals surface area contributed by atoms with Crippen LogP contribution in [0.15, 0.2) is 140 Å². The minimum atomic E-state index is -0.0875. The molecule has 0 aliphatic heterocycles. The van der Waals surface area contributed by atoms with Gasteiger partial charge in [-0.3, -0.25) is 0 Å². The second-order valence-corrected chi connectivity index (χ2v) is 10.9. The molecule has 1 aliphatic rings. The quantitative estimate of drug-likeness (QED) is 0.228. The molecule has 39 heavy (non-hydrogen) atoms. The first-order chi connectivity index (χ1) is 19.2. The molecule has 0 radical (unpaired) electrons. The summed E-state index contributed by atoms with van der Waals surface area (Å²) in [5.41, 5.74) is 8.61. The molecule has 0 saturated heterocycles. The lowest BCUT2D eigenvalue weighted by Crippen LogP contribution is -2.27. The number of allylic oxidation sites excluding steroid dienone is 4. The van der Waals surface area contributed by atoms with Crippen LogP contribution >= 0.6 is 0 Å². The predicted molar refractivity (Wildman–Crippen MR) is 166 cm³/mol. The van der Waals surface area contributed by atoms with Crippen LogP contribution in [0.4, 0.5) is 0 Å². The Hall–Kier alpha value is -4.82. The SMILES string of the molecule is CC1(n2c3ccccc3c3cc(-c4ccc5c(c4)c4ccccc4n5-c4ccccc4)ccc32)C=CC=CC1. The average molecular weight is 501 g/mol. The fraction of sp³-hybridized carbons (Fsp3) is 0.0811. The van der Waals surface area contributed by atoms with E-state index in [0.717, 1.165) is 6.42 Å². The highest BCUT2D eigenvalue weighted by Crippen LogP contribution is 2.40. The van der Waals surface area contributed by atoms with Crippen LogP contribution in [-0.4, -0.2) is 9.13 Å². The van der Waals surface area contributed by atoms with E-state index in [1.165, 1.54) is 60.4 Å². The van der Waals surface area contributed by atoms with Gasteiger partial charge in [0.25, 0.3) is 0 Å². The molecular weight excluding hydrogens is 472 g/mol. The van der Waals surface area contributed by atoms with Crippen LogP contribution in [0.5, 0.6) is 0 Å². The Bertz CT molecular complexity index is 2100. The molecule has 7 aromatic rings. The Morgan fingerprint density at radius 1 is 0.538 bits per heavy atom. The fourth-order valence-electron chi connectivity index (χ4n) is 6.59. The summed E-state index contributed by atoms with van der Waals surface area (Å²) < 4.78 is 4.90. The molecule has 0 spiro atoms. The van der Waals surface area contributed by atoms with E-state index in [1.807, 2.05) is 0 Å². The largest absolute Gasteiger partial charge is 0.331 e. The highest BCUT2D eigenvalue weighted by atomic mass is 15.1. The minimum Gasteiger partial charge on any atom is -0.331 e. The number of aromatic nitrogens is 2. The van der Waals surface area contributed by atoms with Gasteiger partial charge in [-0.25, -0.2) is 0 Å². The van der Waals surface area contributed by atoms with Crippen LogP contribution < -0.4 is 0 Å². The van der Waals surface area contributed by atoms with E-state index in [4.69, 9.17) is 0 Å². The van der Waals surface area contributed by atoms with E-state index >= 15 is 0 Å². The molecule has 2 nitrogen and oxygen atoms in total. The highest BCUT2D eigenvalue weighted by Gasteiger charge is 2.27. The molecule has 1 atom stereocenters. The van der Waals surface area contributed by atoms with Gasteiger partial charge >= 0.3 is 0 Å². The first-order valence-electron chi connectivity index (χ1n) is 13.7. The van der Waals surface area contributed by atoms with Crippen LogP contribution in [-0.2, 0) is 5.54 Å². The van der Waals surface area contributed by atoms with Gasteiger partial charge in [-0.05, 0) is 73.0 Å². The molecule has 1 aliphatic carbocycles. The number of rotatable bonds is 3. The summed E-state index contributed by atoms with van der Waals surface area (Å²) in [7, 11) is 0. The summed E-state index contributed by atoms with van der Waals surface area (Å²) in [6.07, 6.45) is 9.93. The summed E-state index contributed by atoms with van der Waals surface area (Å²) in [4.78, 5) is 0. The molecule has 0 fully saturated rings. The summed E-state index contributed by atoms with van der Waals surface area (Å²) in [5, 5.41) is 5.17. The predicted octanol–water partition coefficient (Wildman–Crippen LogP) is 9.79. The molecule has 2 heterocycles. The van der Waals surface area contributed by atoms with E-state index < -0.39 is 0 Å². The number of fused-ring (bicyclic) bond motifs is 6. The Morgan fingerprint density at radius 3 is 1.82 bits per heavy atom. The lowest BCUT2D eigenvalue weighted by molar-refractivity contribution is 0.437. The normalized spacial score (nSPS) is 17.2. The van der Waals surface area contributed by atoms with Crippen molar-refractivity contribution in [2.45, 2.75) is 18.9 Å². The van der Waals surface area contributed by atoms with Crippen molar-refractivity contribution in [2.75, 3.05) is 0 Å². The van der Waals surface area contributed by atoms with Gasteiger partial charge in [0, 0.05) is 38.3 Å². The van der Waals surface area contributed by atoms with Gasteiger partial charge in [0.15, 0.2) is 0 Å². The van der Waals surface area contributed by atoms with Crippen molar-refractivity contribution in [2.24, 2.45) is 0 Å². The number of nitrogens with zero attached hydrogens (tertiary/aromatic N) is 2. The maximum atomic E-state index is 2.53. The summed E-state index contributed by atoms with van der Waals surface area (Å²) in [5.74, 6) is 0. The molecule has 8 rings (SSSR count). The van der Waals surface area contributed by atoms with Crippen molar-refractivity contribution < 1.29 is 0 Å². The first-order valence-corrected chi connectivity index (χ1v) is 13.7. The third-order valence-electron chi connectivity index (χ3n) is 8.44. The first kappa shape index (κ1) is 22.2. The van der Waals surface area contributed by atoms with E-state index in [-0.39, 0.29) is 5.54 Å². The lowest BCUT2D eigenvalue weighted by Gasteiger charge is -2.31. The zero-order chi connectivity index (χ0) is 26.0. The Balaban J connectivity index is 1.35. The van der Waals surface area contributed by atoms with Crippen LogP contribution in [0.2, 0.25) is 0 Å². The van der Waals surface area contributed by atoms with Gasteiger partial charge in [-0.2, -0.15) is 0 Å². The molecule has 0 saturated carbocycles. The van der Waals surface area contributed by atoms with Crippen molar-refractivity contribution >= 4 is 43.6 Å². The van der Waals surface area contributed by atoms with Gasteiger partial charge < -0.3 is 9.13 Å². The third-order valence-corrected chi connectivity index (χ3v) is 8.44. The van der Waals surface area contributed by atoms with Crippen molar-refractivity contribution in [3.8, 4) is 16.8 Å². The maximum absolute atomic E-state index is 2.53. The third kappa shape index (κ3) is 3.28. The number of para-hydroxylation sites is 3. The second kappa shape index (κ2) is 8.34. The lowest BCUT2D eigenvalue weighted by atomic mass is 9.92. The molecule has 186 valence electrons. The van der Waals surface area contributed by atoms with E-state index in [0.29, 0.717) is 0 Å². The van der Waals surface area contributed by atoms with Gasteiger partial charge in [-0.15, -0.1) is 0 Å². The molecule has 0 amide bonds. The minimum absolute atomic E-state index is 0.0875. The van der Waals surface area contributed by atoms with Crippen molar-refractivity contribution in [3.63, 3.8) is 0 Å². The standard InChI is InChI=1S/C37H28N2/c1-37(22-10-3-11-23-37)39-35-17-9-7-15-30(35)32-25-27(19-21-36(32)39)26-18-20-34-31(24-26)29-14-6-8-16-33(29)38(34)28-12-4-2-5-13-28/h2-22,24-25H,23H2,1H3. The molecular formula is C37H28N2. The van der Waals surface area contributed by atoms with Crippen LogP contribution in [0.1, 0.15) is 13.3 Å². The van der Waals surface area contributed by atoms with Gasteiger partial charge in [-0.1, -0.05) is 91.0 Å². The number of hydrogen-bond donors (Lipinski definition) is 0. The van der Waals surface area contributed by atoms with Gasteiger partial charge in [0.1, 0.15) is 0 Å². The topological polar surface area (TPSA) is 9.86 Å². The molecule has 2 aromatic heterocycles. The van der Waals surface area contributed by atoms with Crippen molar-refractivity contribution in [1.82, 2.24) is 9.13 Å². The van der Waals surface area contributed by atoms with E-state index in [9.17, 15) is 0 Å². The maximum Gasteiger partial charge on any atom is 0.0643 e. The fourth-order valence-corrected chi connectivity index (χ4v) is 6.59. The zero-order valence-electron chi connectivity index (χ0n) is 21.9. The van der Waals surface area contributed by atoms with E-state index in [2.05, 4.69) is 156 Å². The Kier molecular flexibility index (Phi) is 4.75. The second-order valence-electron chi connectivity index (χ2n) is 10.9. The molecule has 1 unspecified atom stereocenters. The Labute approximate surface area is 227 Å². The van der Waals surface area contributed by atoms with Crippen molar-refractivity contribution in [1.29, 1.82) is 0 Å². The van der Waals surface area contributed by atoms with Crippen LogP contribution in [0.25, 0.3) is 60.4 Å². The smallest absolute Gasteiger partial charge is 0.0643 e.